The van der Waals surface area contributed by atoms with Crippen LogP contribution in [0.3, 0.4) is 0 Å². The fourth-order valence-corrected chi connectivity index (χ4v) is 3.31. The lowest BCUT2D eigenvalue weighted by molar-refractivity contribution is 0.254. The van der Waals surface area contributed by atoms with E-state index < -0.39 is 0 Å². The van der Waals surface area contributed by atoms with Crippen molar-refractivity contribution in [3.8, 4) is 0 Å². The summed E-state index contributed by atoms with van der Waals surface area (Å²) in [5.41, 5.74) is 0.629. The van der Waals surface area contributed by atoms with Gasteiger partial charge >= 0.3 is 0 Å². The summed E-state index contributed by atoms with van der Waals surface area (Å²) in [7, 11) is 0. The van der Waals surface area contributed by atoms with Gasteiger partial charge in [0.05, 0.1) is 5.69 Å². The van der Waals surface area contributed by atoms with E-state index in [4.69, 9.17) is 0 Å². The molecule has 1 aromatic rings. The molecular weight excluding hydrogens is 283 g/mol. The highest BCUT2D eigenvalue weighted by atomic mass is 79.9. The summed E-state index contributed by atoms with van der Waals surface area (Å²) < 4.78 is 14.6. The van der Waals surface area contributed by atoms with E-state index >= 15 is 0 Å². The van der Waals surface area contributed by atoms with Crippen LogP contribution in [0.4, 0.5) is 10.1 Å². The van der Waals surface area contributed by atoms with E-state index in [1.54, 1.807) is 6.07 Å². The first-order valence-electron chi connectivity index (χ1n) is 6.16. The first kappa shape index (κ1) is 11.5. The molecule has 0 spiro atoms. The molecule has 3 rings (SSSR count). The molecule has 0 saturated carbocycles. The number of nitrogens with zero attached hydrogens (tertiary/aromatic N) is 1. The number of nitrogens with one attached hydrogen (secondary N) is 1. The molecule has 2 bridgehead atoms. The molecule has 2 fully saturated rings. The average molecular weight is 299 g/mol. The number of hydrogen-bond acceptors (Lipinski definition) is 2. The van der Waals surface area contributed by atoms with Crippen molar-refractivity contribution in [3.63, 3.8) is 0 Å². The Balaban J connectivity index is 1.75. The van der Waals surface area contributed by atoms with Crippen molar-refractivity contribution in [1.82, 2.24) is 4.90 Å². The molecule has 17 heavy (non-hydrogen) atoms. The molecule has 0 aliphatic carbocycles. The third-order valence-electron chi connectivity index (χ3n) is 3.90. The number of rotatable bonds is 2. The van der Waals surface area contributed by atoms with E-state index in [1.165, 1.54) is 25.6 Å². The van der Waals surface area contributed by atoms with Gasteiger partial charge in [0, 0.05) is 23.6 Å². The van der Waals surface area contributed by atoms with E-state index in [9.17, 15) is 4.39 Å². The molecule has 92 valence electrons. The summed E-state index contributed by atoms with van der Waals surface area (Å²) in [6.45, 7) is 3.53. The van der Waals surface area contributed by atoms with Gasteiger partial charge in [-0.15, -0.1) is 0 Å². The third-order valence-corrected chi connectivity index (χ3v) is 4.40. The number of benzene rings is 1. The Labute approximate surface area is 109 Å². The van der Waals surface area contributed by atoms with Crippen molar-refractivity contribution >= 4 is 21.6 Å². The Hall–Kier alpha value is -0.610. The van der Waals surface area contributed by atoms with Crippen LogP contribution in [0, 0.1) is 11.7 Å². The van der Waals surface area contributed by atoms with Crippen LogP contribution < -0.4 is 5.32 Å². The minimum Gasteiger partial charge on any atom is -0.380 e. The standard InChI is InChI=1S/C13H16BrFN2/c14-10-1-2-11(15)13(7-10)16-12-4-6-17-5-3-9(12)8-17/h1-2,7,9,12,16H,3-6,8H2. The molecule has 1 aromatic carbocycles. The Morgan fingerprint density at radius 3 is 3.00 bits per heavy atom. The second-order valence-electron chi connectivity index (χ2n) is 5.01. The van der Waals surface area contributed by atoms with Crippen LogP contribution in [0.5, 0.6) is 0 Å². The first-order chi connectivity index (χ1) is 8.22. The van der Waals surface area contributed by atoms with Crippen LogP contribution >= 0.6 is 15.9 Å². The van der Waals surface area contributed by atoms with E-state index in [-0.39, 0.29) is 5.82 Å². The van der Waals surface area contributed by atoms with Gasteiger partial charge in [-0.05, 0) is 43.5 Å². The van der Waals surface area contributed by atoms with Gasteiger partial charge in [0.25, 0.3) is 0 Å². The molecule has 0 amide bonds. The second-order valence-corrected chi connectivity index (χ2v) is 5.93. The molecule has 3 atom stereocenters. The van der Waals surface area contributed by atoms with Crippen LogP contribution in [-0.4, -0.2) is 30.6 Å². The van der Waals surface area contributed by atoms with Crippen molar-refractivity contribution in [1.29, 1.82) is 0 Å². The minimum atomic E-state index is -0.159. The molecule has 1 N–H and O–H groups in total. The maximum absolute atomic E-state index is 13.7. The van der Waals surface area contributed by atoms with Crippen LogP contribution in [-0.2, 0) is 0 Å². The monoisotopic (exact) mass is 298 g/mol. The Bertz CT molecular complexity index is 424. The van der Waals surface area contributed by atoms with E-state index in [1.807, 2.05) is 6.07 Å². The van der Waals surface area contributed by atoms with Crippen LogP contribution in [0.15, 0.2) is 22.7 Å². The fourth-order valence-electron chi connectivity index (χ4n) is 2.95. The normalized spacial score (nSPS) is 31.5. The Kier molecular flexibility index (Phi) is 3.09. The first-order valence-corrected chi connectivity index (χ1v) is 6.95. The third kappa shape index (κ3) is 2.33. The van der Waals surface area contributed by atoms with E-state index in [0.717, 1.165) is 17.4 Å². The zero-order valence-electron chi connectivity index (χ0n) is 9.63. The van der Waals surface area contributed by atoms with Crippen molar-refractivity contribution < 1.29 is 4.39 Å². The molecule has 2 saturated heterocycles. The fraction of sp³-hybridized carbons (Fsp3) is 0.538. The summed E-state index contributed by atoms with van der Waals surface area (Å²) in [5.74, 6) is 0.524. The number of halogens is 2. The highest BCUT2D eigenvalue weighted by molar-refractivity contribution is 9.10. The summed E-state index contributed by atoms with van der Waals surface area (Å²) in [5, 5.41) is 3.39. The lowest BCUT2D eigenvalue weighted by Gasteiger charge is -2.31. The van der Waals surface area contributed by atoms with E-state index in [0.29, 0.717) is 17.6 Å². The predicted octanol–water partition coefficient (Wildman–Crippen LogP) is 3.09. The smallest absolute Gasteiger partial charge is 0.146 e. The minimum absolute atomic E-state index is 0.159. The number of fused-ring (bicyclic) bond motifs is 2. The molecule has 2 aliphatic heterocycles. The second kappa shape index (κ2) is 4.58. The molecule has 4 heteroatoms. The number of hydrogen-bond donors (Lipinski definition) is 1. The molecule has 2 nitrogen and oxygen atoms in total. The Morgan fingerprint density at radius 2 is 2.12 bits per heavy atom. The van der Waals surface area contributed by atoms with Gasteiger partial charge in [0.1, 0.15) is 5.82 Å². The zero-order valence-corrected chi connectivity index (χ0v) is 11.2. The van der Waals surface area contributed by atoms with Crippen LogP contribution in [0.1, 0.15) is 12.8 Å². The SMILES string of the molecule is Fc1ccc(Br)cc1NC1CCN2CCC1C2. The maximum Gasteiger partial charge on any atom is 0.146 e. The van der Waals surface area contributed by atoms with Crippen LogP contribution in [0.2, 0.25) is 0 Å². The predicted molar refractivity (Wildman–Crippen MR) is 70.7 cm³/mol. The Morgan fingerprint density at radius 1 is 1.29 bits per heavy atom. The van der Waals surface area contributed by atoms with Gasteiger partial charge in [-0.25, -0.2) is 4.39 Å². The van der Waals surface area contributed by atoms with Crippen molar-refractivity contribution in [2.45, 2.75) is 18.9 Å². The van der Waals surface area contributed by atoms with Gasteiger partial charge in [-0.2, -0.15) is 0 Å². The average Bonchev–Trinajstić information content (AvgIpc) is 2.70. The lowest BCUT2D eigenvalue weighted by atomic mass is 9.94. The topological polar surface area (TPSA) is 15.3 Å². The quantitative estimate of drug-likeness (QED) is 0.903. The van der Waals surface area contributed by atoms with Crippen LogP contribution in [0.25, 0.3) is 0 Å². The van der Waals surface area contributed by atoms with Gasteiger partial charge in [-0.3, -0.25) is 0 Å². The molecule has 0 aromatic heterocycles. The summed E-state index contributed by atoms with van der Waals surface area (Å²) in [6.07, 6.45) is 2.36. The lowest BCUT2D eigenvalue weighted by Crippen LogP contribution is -2.39. The summed E-state index contributed by atoms with van der Waals surface area (Å²) in [4.78, 5) is 2.50. The molecule has 3 unspecified atom stereocenters. The molecule has 2 heterocycles. The van der Waals surface area contributed by atoms with Crippen molar-refractivity contribution in [3.05, 3.63) is 28.5 Å². The molecule has 0 radical (unpaired) electrons. The van der Waals surface area contributed by atoms with Gasteiger partial charge in [0.2, 0.25) is 0 Å². The van der Waals surface area contributed by atoms with Gasteiger partial charge < -0.3 is 10.2 Å². The van der Waals surface area contributed by atoms with Gasteiger partial charge in [-0.1, -0.05) is 15.9 Å². The number of piperidine rings is 1. The number of anilines is 1. The highest BCUT2D eigenvalue weighted by Gasteiger charge is 2.34. The molecular formula is C13H16BrFN2. The van der Waals surface area contributed by atoms with Gasteiger partial charge in [0.15, 0.2) is 0 Å². The highest BCUT2D eigenvalue weighted by Crippen LogP contribution is 2.30. The maximum atomic E-state index is 13.7. The zero-order chi connectivity index (χ0) is 11.8. The van der Waals surface area contributed by atoms with E-state index in [2.05, 4.69) is 26.1 Å². The molecule has 2 aliphatic rings. The largest absolute Gasteiger partial charge is 0.380 e. The van der Waals surface area contributed by atoms with Crippen molar-refractivity contribution in [2.24, 2.45) is 5.92 Å². The summed E-state index contributed by atoms with van der Waals surface area (Å²) >= 11 is 3.39. The van der Waals surface area contributed by atoms with Crippen molar-refractivity contribution in [2.75, 3.05) is 25.0 Å². The summed E-state index contributed by atoms with van der Waals surface area (Å²) in [6, 6.07) is 5.50.